The average molecular weight is 239 g/mol. The number of hydrogen-bond acceptors (Lipinski definition) is 2. The molecule has 0 aromatic rings. The van der Waals surface area contributed by atoms with E-state index in [2.05, 4.69) is 5.32 Å². The molecule has 2 N–H and O–H groups in total. The van der Waals surface area contributed by atoms with Gasteiger partial charge in [-0.25, -0.2) is 0 Å². The first kappa shape index (κ1) is 12.9. The van der Waals surface area contributed by atoms with Crippen molar-refractivity contribution in [1.82, 2.24) is 5.32 Å². The fraction of sp³-hybridized carbons (Fsp3) is 0.929. The normalized spacial score (nSPS) is 31.1. The van der Waals surface area contributed by atoms with Crippen molar-refractivity contribution in [1.29, 1.82) is 0 Å². The molecule has 1 amide bonds. The van der Waals surface area contributed by atoms with Gasteiger partial charge in [0.15, 0.2) is 0 Å². The summed E-state index contributed by atoms with van der Waals surface area (Å²) in [5.74, 6) is 0.743. The van der Waals surface area contributed by atoms with Gasteiger partial charge in [-0.1, -0.05) is 32.1 Å². The van der Waals surface area contributed by atoms with Crippen molar-refractivity contribution in [3.05, 3.63) is 0 Å². The third-order valence-corrected chi connectivity index (χ3v) is 4.27. The largest absolute Gasteiger partial charge is 0.391 e. The van der Waals surface area contributed by atoms with Crippen LogP contribution in [-0.4, -0.2) is 23.2 Å². The lowest BCUT2D eigenvalue weighted by molar-refractivity contribution is -0.124. The number of carbonyl (C=O) groups is 1. The highest BCUT2D eigenvalue weighted by molar-refractivity contribution is 5.76. The van der Waals surface area contributed by atoms with Crippen LogP contribution in [0.1, 0.15) is 64.2 Å². The maximum Gasteiger partial charge on any atom is 0.220 e. The predicted octanol–water partition coefficient (Wildman–Crippen LogP) is 2.38. The van der Waals surface area contributed by atoms with Crippen LogP contribution in [0.5, 0.6) is 0 Å². The molecule has 3 nitrogen and oxygen atoms in total. The third kappa shape index (κ3) is 3.98. The summed E-state index contributed by atoms with van der Waals surface area (Å²) in [6.45, 7) is 0. The maximum atomic E-state index is 11.9. The van der Waals surface area contributed by atoms with Crippen LogP contribution >= 0.6 is 0 Å². The molecule has 0 bridgehead atoms. The second-order valence-corrected chi connectivity index (χ2v) is 5.73. The fourth-order valence-corrected chi connectivity index (χ4v) is 3.20. The molecule has 2 saturated carbocycles. The molecule has 2 atom stereocenters. The van der Waals surface area contributed by atoms with E-state index >= 15 is 0 Å². The van der Waals surface area contributed by atoms with E-state index in [1.165, 1.54) is 32.1 Å². The van der Waals surface area contributed by atoms with E-state index in [1.54, 1.807) is 0 Å². The van der Waals surface area contributed by atoms with Crippen LogP contribution in [-0.2, 0) is 4.79 Å². The SMILES string of the molecule is O=C(CC1CCCCC1)N[C@H]1CCCC[C@@H]1O. The zero-order chi connectivity index (χ0) is 12.1. The Bertz CT molecular complexity index is 249. The van der Waals surface area contributed by atoms with Gasteiger partial charge in [0.25, 0.3) is 0 Å². The minimum absolute atomic E-state index is 0.0137. The molecule has 2 fully saturated rings. The molecular formula is C14H25NO2. The lowest BCUT2D eigenvalue weighted by Gasteiger charge is -2.29. The number of aliphatic hydroxyl groups is 1. The zero-order valence-electron chi connectivity index (χ0n) is 10.7. The van der Waals surface area contributed by atoms with Crippen molar-refractivity contribution in [3.8, 4) is 0 Å². The Hall–Kier alpha value is -0.570. The number of nitrogens with one attached hydrogen (secondary N) is 1. The molecule has 0 unspecified atom stereocenters. The molecule has 98 valence electrons. The van der Waals surface area contributed by atoms with Crippen molar-refractivity contribution in [3.63, 3.8) is 0 Å². The molecule has 0 spiro atoms. The van der Waals surface area contributed by atoms with Gasteiger partial charge in [0.1, 0.15) is 0 Å². The summed E-state index contributed by atoms with van der Waals surface area (Å²) >= 11 is 0. The summed E-state index contributed by atoms with van der Waals surface area (Å²) < 4.78 is 0. The molecule has 0 radical (unpaired) electrons. The van der Waals surface area contributed by atoms with Crippen LogP contribution in [0.4, 0.5) is 0 Å². The molecule has 0 aliphatic heterocycles. The first-order valence-electron chi connectivity index (χ1n) is 7.23. The molecule has 2 rings (SSSR count). The smallest absolute Gasteiger partial charge is 0.220 e. The van der Waals surface area contributed by atoms with Gasteiger partial charge >= 0.3 is 0 Å². The van der Waals surface area contributed by atoms with Crippen LogP contribution in [0.2, 0.25) is 0 Å². The Balaban J connectivity index is 1.72. The Kier molecular flexibility index (Phi) is 4.84. The van der Waals surface area contributed by atoms with Crippen LogP contribution in [0, 0.1) is 5.92 Å². The van der Waals surface area contributed by atoms with E-state index < -0.39 is 0 Å². The highest BCUT2D eigenvalue weighted by Gasteiger charge is 2.25. The number of hydrogen-bond donors (Lipinski definition) is 2. The fourth-order valence-electron chi connectivity index (χ4n) is 3.20. The minimum Gasteiger partial charge on any atom is -0.391 e. The topological polar surface area (TPSA) is 49.3 Å². The van der Waals surface area contributed by atoms with Gasteiger partial charge in [0.05, 0.1) is 12.1 Å². The highest BCUT2D eigenvalue weighted by Crippen LogP contribution is 2.26. The van der Waals surface area contributed by atoms with Crippen LogP contribution < -0.4 is 5.32 Å². The van der Waals surface area contributed by atoms with E-state index in [1.807, 2.05) is 0 Å². The van der Waals surface area contributed by atoms with Gasteiger partial charge in [-0.05, 0) is 31.6 Å². The van der Waals surface area contributed by atoms with E-state index in [0.29, 0.717) is 12.3 Å². The maximum absolute atomic E-state index is 11.9. The van der Waals surface area contributed by atoms with Crippen LogP contribution in [0.15, 0.2) is 0 Å². The molecule has 2 aliphatic rings. The minimum atomic E-state index is -0.320. The first-order valence-corrected chi connectivity index (χ1v) is 7.23. The quantitative estimate of drug-likeness (QED) is 0.794. The van der Waals surface area contributed by atoms with Crippen molar-refractivity contribution in [2.24, 2.45) is 5.92 Å². The Morgan fingerprint density at radius 1 is 1.00 bits per heavy atom. The molecule has 3 heteroatoms. The second-order valence-electron chi connectivity index (χ2n) is 5.73. The molecule has 0 aromatic heterocycles. The second kappa shape index (κ2) is 6.39. The Morgan fingerprint density at radius 3 is 2.35 bits per heavy atom. The van der Waals surface area contributed by atoms with Gasteiger partial charge in [0.2, 0.25) is 5.91 Å². The van der Waals surface area contributed by atoms with Crippen LogP contribution in [0.25, 0.3) is 0 Å². The van der Waals surface area contributed by atoms with Crippen LogP contribution in [0.3, 0.4) is 0 Å². The first-order chi connectivity index (χ1) is 8.25. The van der Waals surface area contributed by atoms with Crippen molar-refractivity contribution in [2.45, 2.75) is 76.4 Å². The molecule has 17 heavy (non-hydrogen) atoms. The summed E-state index contributed by atoms with van der Waals surface area (Å²) in [4.78, 5) is 11.9. The van der Waals surface area contributed by atoms with Gasteiger partial charge < -0.3 is 10.4 Å². The zero-order valence-corrected chi connectivity index (χ0v) is 10.7. The standard InChI is InChI=1S/C14H25NO2/c16-13-9-5-4-8-12(13)15-14(17)10-11-6-2-1-3-7-11/h11-13,16H,1-10H2,(H,15,17)/t12-,13-/m0/s1. The lowest BCUT2D eigenvalue weighted by atomic mass is 9.86. The summed E-state index contributed by atoms with van der Waals surface area (Å²) in [6, 6.07) is 0.0137. The van der Waals surface area contributed by atoms with Crippen molar-refractivity contribution in [2.75, 3.05) is 0 Å². The summed E-state index contributed by atoms with van der Waals surface area (Å²) in [6.07, 6.45) is 10.7. The van der Waals surface area contributed by atoms with Crippen molar-refractivity contribution < 1.29 is 9.90 Å². The van der Waals surface area contributed by atoms with Gasteiger partial charge in [0, 0.05) is 6.42 Å². The van der Waals surface area contributed by atoms with Gasteiger partial charge in [-0.15, -0.1) is 0 Å². The summed E-state index contributed by atoms with van der Waals surface area (Å²) in [5, 5.41) is 12.8. The van der Waals surface area contributed by atoms with Gasteiger partial charge in [-0.2, -0.15) is 0 Å². The number of carbonyl (C=O) groups excluding carboxylic acids is 1. The van der Waals surface area contributed by atoms with E-state index in [4.69, 9.17) is 0 Å². The lowest BCUT2D eigenvalue weighted by Crippen LogP contribution is -2.45. The Morgan fingerprint density at radius 2 is 1.65 bits per heavy atom. The summed E-state index contributed by atoms with van der Waals surface area (Å²) in [7, 11) is 0. The van der Waals surface area contributed by atoms with E-state index in [-0.39, 0.29) is 18.1 Å². The third-order valence-electron chi connectivity index (χ3n) is 4.27. The van der Waals surface area contributed by atoms with E-state index in [9.17, 15) is 9.90 Å². The highest BCUT2D eigenvalue weighted by atomic mass is 16.3. The number of amides is 1. The van der Waals surface area contributed by atoms with Crippen molar-refractivity contribution >= 4 is 5.91 Å². The molecular weight excluding hydrogens is 214 g/mol. The summed E-state index contributed by atoms with van der Waals surface area (Å²) in [5.41, 5.74) is 0. The monoisotopic (exact) mass is 239 g/mol. The predicted molar refractivity (Wildman–Crippen MR) is 67.6 cm³/mol. The average Bonchev–Trinajstić information content (AvgIpc) is 2.33. The molecule has 0 saturated heterocycles. The molecule has 0 heterocycles. The number of aliphatic hydroxyl groups excluding tert-OH is 1. The molecule has 0 aromatic carbocycles. The van der Waals surface area contributed by atoms with E-state index in [0.717, 1.165) is 25.7 Å². The van der Waals surface area contributed by atoms with Gasteiger partial charge in [-0.3, -0.25) is 4.79 Å². The number of rotatable bonds is 3. The molecule has 2 aliphatic carbocycles. The Labute approximate surface area is 104 Å².